The molecule has 2 heterocycles. The number of hydrogen-bond acceptors (Lipinski definition) is 8. The molecule has 0 atom stereocenters. The lowest BCUT2D eigenvalue weighted by molar-refractivity contribution is 0.412. The first-order valence-electron chi connectivity index (χ1n) is 10.6. The molecule has 0 N–H and O–H groups in total. The van der Waals surface area contributed by atoms with E-state index in [9.17, 15) is 18.1 Å². The fraction of sp³-hybridized carbons (Fsp3) is 0.250. The number of halogens is 1. The maximum absolute atomic E-state index is 13.4. The van der Waals surface area contributed by atoms with Crippen molar-refractivity contribution in [3.05, 3.63) is 75.1 Å². The van der Waals surface area contributed by atoms with Crippen molar-refractivity contribution in [2.75, 3.05) is 12.9 Å². The van der Waals surface area contributed by atoms with Crippen LogP contribution in [0.25, 0.3) is 17.2 Å². The van der Waals surface area contributed by atoms with Crippen molar-refractivity contribution in [3.63, 3.8) is 0 Å². The van der Waals surface area contributed by atoms with Crippen molar-refractivity contribution < 1.29 is 17.5 Å². The molecule has 0 aliphatic rings. The number of sulfone groups is 1. The van der Waals surface area contributed by atoms with Gasteiger partial charge in [-0.15, -0.1) is 21.5 Å². The Balaban J connectivity index is 1.73. The van der Waals surface area contributed by atoms with Crippen molar-refractivity contribution in [1.29, 1.82) is 5.26 Å². The minimum atomic E-state index is -3.68. The molecular formula is C24H22FN5O3S2. The van der Waals surface area contributed by atoms with Gasteiger partial charge < -0.3 is 4.74 Å². The molecule has 0 radical (unpaired) electrons. The quantitative estimate of drug-likeness (QED) is 0.349. The smallest absolute Gasteiger partial charge is 0.188 e. The lowest BCUT2D eigenvalue weighted by Gasteiger charge is -2.16. The van der Waals surface area contributed by atoms with Crippen LogP contribution in [-0.2, 0) is 22.0 Å². The van der Waals surface area contributed by atoms with Gasteiger partial charge in [-0.3, -0.25) is 4.57 Å². The van der Waals surface area contributed by atoms with Crippen LogP contribution < -0.4 is 4.74 Å². The highest BCUT2D eigenvalue weighted by Crippen LogP contribution is 2.32. The number of ether oxygens (including phenoxy) is 1. The second-order valence-corrected chi connectivity index (χ2v) is 11.2. The summed E-state index contributed by atoms with van der Waals surface area (Å²) in [4.78, 5) is 4.51. The first-order valence-corrected chi connectivity index (χ1v) is 13.3. The van der Waals surface area contributed by atoms with Crippen LogP contribution in [0.5, 0.6) is 5.75 Å². The summed E-state index contributed by atoms with van der Waals surface area (Å²) in [5.74, 6) is 0.00934. The van der Waals surface area contributed by atoms with Crippen molar-refractivity contribution in [1.82, 2.24) is 19.7 Å². The number of hydrogen-bond donors (Lipinski definition) is 0. The minimum absolute atomic E-state index is 0.0749. The van der Waals surface area contributed by atoms with E-state index in [1.807, 2.05) is 37.4 Å². The van der Waals surface area contributed by atoms with Gasteiger partial charge in [-0.2, -0.15) is 5.26 Å². The van der Waals surface area contributed by atoms with E-state index in [1.54, 1.807) is 17.7 Å². The summed E-state index contributed by atoms with van der Waals surface area (Å²) in [5.41, 5.74) is 2.66. The van der Waals surface area contributed by atoms with Gasteiger partial charge in [-0.1, -0.05) is 18.2 Å². The molecule has 4 aromatic rings. The van der Waals surface area contributed by atoms with Crippen LogP contribution in [0.4, 0.5) is 4.39 Å². The minimum Gasteiger partial charge on any atom is -0.495 e. The van der Waals surface area contributed by atoms with Crippen LogP contribution in [0.3, 0.4) is 0 Å². The van der Waals surface area contributed by atoms with Crippen LogP contribution in [0, 0.1) is 31.0 Å². The number of methoxy groups -OCH3 is 1. The van der Waals surface area contributed by atoms with E-state index in [2.05, 4.69) is 15.2 Å². The highest BCUT2D eigenvalue weighted by atomic mass is 32.2. The Morgan fingerprint density at radius 3 is 2.69 bits per heavy atom. The Kier molecular flexibility index (Phi) is 6.95. The summed E-state index contributed by atoms with van der Waals surface area (Å²) in [6.07, 6.45) is 0.0749. The Morgan fingerprint density at radius 1 is 1.20 bits per heavy atom. The summed E-state index contributed by atoms with van der Waals surface area (Å²) in [6, 6.07) is 11.2. The molecule has 0 spiro atoms. The zero-order valence-corrected chi connectivity index (χ0v) is 21.0. The van der Waals surface area contributed by atoms with E-state index in [0.717, 1.165) is 16.6 Å². The molecule has 0 saturated heterocycles. The fourth-order valence-corrected chi connectivity index (χ4v) is 5.61. The predicted octanol–water partition coefficient (Wildman–Crippen LogP) is 4.18. The molecule has 0 unspecified atom stereocenters. The van der Waals surface area contributed by atoms with Gasteiger partial charge in [-0.25, -0.2) is 17.8 Å². The third kappa shape index (κ3) is 5.23. The van der Waals surface area contributed by atoms with Crippen molar-refractivity contribution in [3.8, 4) is 29.0 Å². The van der Waals surface area contributed by atoms with E-state index in [0.29, 0.717) is 28.5 Å². The van der Waals surface area contributed by atoms with Gasteiger partial charge in [-0.05, 0) is 49.6 Å². The molecule has 35 heavy (non-hydrogen) atoms. The van der Waals surface area contributed by atoms with Crippen molar-refractivity contribution in [2.45, 2.75) is 26.0 Å². The second-order valence-electron chi connectivity index (χ2n) is 7.91. The molecule has 2 aromatic heterocycles. The molecule has 0 bridgehead atoms. The van der Waals surface area contributed by atoms with Crippen molar-refractivity contribution >= 4 is 21.2 Å². The normalized spacial score (nSPS) is 11.4. The zero-order valence-electron chi connectivity index (χ0n) is 19.3. The number of nitriles is 1. The van der Waals surface area contributed by atoms with Crippen LogP contribution in [0.2, 0.25) is 0 Å². The Labute approximate surface area is 206 Å². The van der Waals surface area contributed by atoms with Gasteiger partial charge in [0.15, 0.2) is 21.5 Å². The predicted molar refractivity (Wildman–Crippen MR) is 131 cm³/mol. The zero-order chi connectivity index (χ0) is 25.2. The number of benzene rings is 2. The van der Waals surface area contributed by atoms with Crippen LogP contribution >= 0.6 is 11.3 Å². The molecule has 8 nitrogen and oxygen atoms in total. The number of rotatable bonds is 8. The molecule has 0 saturated carbocycles. The van der Waals surface area contributed by atoms with E-state index in [1.165, 1.54) is 23.5 Å². The standard InChI is InChI=1S/C24H22FN5O3S2/c1-15-5-4-6-21(33-3)23(15)30-22(28-29-24(30)20-13-34-16(2)27-20)14-35(31,32)10-9-17-7-8-19(25)11-18(17)12-26/h4-8,11,13H,9-10,14H2,1-3H3. The number of aryl methyl sites for hydroxylation is 3. The maximum Gasteiger partial charge on any atom is 0.188 e. The highest BCUT2D eigenvalue weighted by Gasteiger charge is 2.25. The van der Waals surface area contributed by atoms with E-state index < -0.39 is 15.7 Å². The third-order valence-corrected chi connectivity index (χ3v) is 7.74. The van der Waals surface area contributed by atoms with Gasteiger partial charge in [0.05, 0.1) is 35.2 Å². The van der Waals surface area contributed by atoms with Gasteiger partial charge in [0.1, 0.15) is 23.0 Å². The molecule has 11 heteroatoms. The van der Waals surface area contributed by atoms with Gasteiger partial charge in [0, 0.05) is 5.38 Å². The average Bonchev–Trinajstić information content (AvgIpc) is 3.43. The first kappa shape index (κ1) is 24.5. The number of aromatic nitrogens is 4. The molecule has 0 aliphatic carbocycles. The van der Waals surface area contributed by atoms with Crippen LogP contribution in [0.15, 0.2) is 41.8 Å². The Hall–Kier alpha value is -3.62. The van der Waals surface area contributed by atoms with Gasteiger partial charge in [0.25, 0.3) is 0 Å². The maximum atomic E-state index is 13.4. The molecule has 0 amide bonds. The number of nitrogens with zero attached hydrogens (tertiary/aromatic N) is 5. The molecular weight excluding hydrogens is 489 g/mol. The lowest BCUT2D eigenvalue weighted by atomic mass is 10.1. The summed E-state index contributed by atoms with van der Waals surface area (Å²) in [5, 5.41) is 20.4. The summed E-state index contributed by atoms with van der Waals surface area (Å²) < 4.78 is 46.9. The summed E-state index contributed by atoms with van der Waals surface area (Å²) in [7, 11) is -2.14. The van der Waals surface area contributed by atoms with Crippen LogP contribution in [-0.4, -0.2) is 41.0 Å². The summed E-state index contributed by atoms with van der Waals surface area (Å²) >= 11 is 1.46. The molecule has 180 valence electrons. The van der Waals surface area contributed by atoms with Crippen molar-refractivity contribution in [2.24, 2.45) is 0 Å². The van der Waals surface area contributed by atoms with Gasteiger partial charge in [0.2, 0.25) is 0 Å². The largest absolute Gasteiger partial charge is 0.495 e. The Morgan fingerprint density at radius 2 is 2.00 bits per heavy atom. The lowest BCUT2D eigenvalue weighted by Crippen LogP contribution is -2.16. The average molecular weight is 512 g/mol. The van der Waals surface area contributed by atoms with E-state index >= 15 is 0 Å². The van der Waals surface area contributed by atoms with E-state index in [-0.39, 0.29) is 29.3 Å². The second kappa shape index (κ2) is 9.93. The first-order chi connectivity index (χ1) is 16.7. The molecule has 0 aliphatic heterocycles. The topological polar surface area (TPSA) is 111 Å². The number of thiazole rings is 1. The monoisotopic (exact) mass is 511 g/mol. The van der Waals surface area contributed by atoms with Crippen LogP contribution in [0.1, 0.15) is 27.5 Å². The SMILES string of the molecule is COc1cccc(C)c1-n1c(CS(=O)(=O)CCc2ccc(F)cc2C#N)nnc1-c1csc(C)n1. The third-order valence-electron chi connectivity index (χ3n) is 5.45. The van der Waals surface area contributed by atoms with Gasteiger partial charge >= 0.3 is 0 Å². The highest BCUT2D eigenvalue weighted by molar-refractivity contribution is 7.90. The number of para-hydroxylation sites is 1. The molecule has 2 aromatic carbocycles. The summed E-state index contributed by atoms with van der Waals surface area (Å²) in [6.45, 7) is 3.77. The fourth-order valence-electron chi connectivity index (χ4n) is 3.77. The van der Waals surface area contributed by atoms with E-state index in [4.69, 9.17) is 4.74 Å². The molecule has 4 rings (SSSR count). The Bertz CT molecular complexity index is 1540. The molecule has 0 fully saturated rings.